The van der Waals surface area contributed by atoms with Crippen LogP contribution in [0.4, 0.5) is 26.3 Å². The lowest BCUT2D eigenvalue weighted by Crippen LogP contribution is -2.60. The van der Waals surface area contributed by atoms with Crippen molar-refractivity contribution in [2.75, 3.05) is 6.61 Å². The van der Waals surface area contributed by atoms with Gasteiger partial charge in [-0.05, 0) is 48.9 Å². The largest absolute Gasteiger partial charge is 0.490 e. The fourth-order valence-corrected chi connectivity index (χ4v) is 3.36. The Morgan fingerprint density at radius 3 is 1.91 bits per heavy atom. The lowest BCUT2D eigenvalue weighted by molar-refractivity contribution is -0.373. The van der Waals surface area contributed by atoms with Crippen LogP contribution in [0.5, 0.6) is 11.5 Å². The number of carbonyl (C=O) groups is 1. The summed E-state index contributed by atoms with van der Waals surface area (Å²) in [5.41, 5.74) is -6.30. The average Bonchev–Trinajstić information content (AvgIpc) is 3.55. The zero-order valence-corrected chi connectivity index (χ0v) is 16.7. The van der Waals surface area contributed by atoms with E-state index in [9.17, 15) is 36.2 Å². The second kappa shape index (κ2) is 6.72. The minimum absolute atomic E-state index is 0.0902. The number of alkyl halides is 6. The Balaban J connectivity index is 1.48. The van der Waals surface area contributed by atoms with Gasteiger partial charge in [0.2, 0.25) is 0 Å². The molecular weight excluding hydrogens is 446 g/mol. The second-order valence-corrected chi connectivity index (χ2v) is 8.36. The smallest absolute Gasteiger partial charge is 0.429 e. The maximum atomic E-state index is 12.8. The molecule has 2 aromatic carbocycles. The number of ether oxygens (including phenoxy) is 2. The van der Waals surface area contributed by atoms with Crippen LogP contribution in [0.15, 0.2) is 36.4 Å². The van der Waals surface area contributed by atoms with E-state index >= 15 is 0 Å². The van der Waals surface area contributed by atoms with Crippen LogP contribution in [0, 0.1) is 5.41 Å². The number of fused-ring (bicyclic) bond motifs is 2. The number of aliphatic hydroxyl groups is 1. The summed E-state index contributed by atoms with van der Waals surface area (Å²) >= 11 is 0. The van der Waals surface area contributed by atoms with E-state index in [1.807, 2.05) is 0 Å². The SMILES string of the molecule is CC(C)(C(=O)Oc1ccc2cc(OCC(O)(C(F)(F)F)C(F)(F)F)ccc2c1)C12NC1N2. The molecule has 2 saturated heterocycles. The maximum Gasteiger partial charge on any atom is 0.429 e. The number of hydrogen-bond acceptors (Lipinski definition) is 6. The summed E-state index contributed by atoms with van der Waals surface area (Å²) in [7, 11) is 0. The Kier molecular flexibility index (Phi) is 4.75. The first-order valence-corrected chi connectivity index (χ1v) is 9.41. The number of halogens is 6. The van der Waals surface area contributed by atoms with Crippen molar-refractivity contribution in [3.63, 3.8) is 0 Å². The second-order valence-electron chi connectivity index (χ2n) is 8.36. The summed E-state index contributed by atoms with van der Waals surface area (Å²) in [4.78, 5) is 12.5. The van der Waals surface area contributed by atoms with E-state index in [1.54, 1.807) is 13.8 Å². The van der Waals surface area contributed by atoms with Gasteiger partial charge in [0.1, 0.15) is 23.8 Å². The van der Waals surface area contributed by atoms with Crippen LogP contribution in [-0.2, 0) is 4.79 Å². The molecular formula is C20H18F6N2O4. The lowest BCUT2D eigenvalue weighted by Gasteiger charge is -2.31. The number of carbonyl (C=O) groups excluding carboxylic acids is 1. The molecule has 0 saturated carbocycles. The van der Waals surface area contributed by atoms with Gasteiger partial charge in [-0.1, -0.05) is 12.1 Å². The van der Waals surface area contributed by atoms with Crippen molar-refractivity contribution >= 4 is 16.7 Å². The number of esters is 1. The Bertz CT molecular complexity index is 1060. The molecule has 0 amide bonds. The van der Waals surface area contributed by atoms with E-state index in [0.29, 0.717) is 10.8 Å². The van der Waals surface area contributed by atoms with Crippen LogP contribution in [0.2, 0.25) is 0 Å². The van der Waals surface area contributed by atoms with E-state index in [-0.39, 0.29) is 17.7 Å². The monoisotopic (exact) mass is 464 g/mol. The predicted octanol–water partition coefficient (Wildman–Crippen LogP) is 3.23. The van der Waals surface area contributed by atoms with Crippen LogP contribution < -0.4 is 20.1 Å². The lowest BCUT2D eigenvalue weighted by atomic mass is 9.87. The van der Waals surface area contributed by atoms with E-state index in [1.165, 1.54) is 30.3 Å². The minimum atomic E-state index is -5.97. The summed E-state index contributed by atoms with van der Waals surface area (Å²) in [5, 5.41) is 16.3. The molecule has 0 radical (unpaired) electrons. The number of nitrogens with one attached hydrogen (secondary N) is 2. The molecule has 32 heavy (non-hydrogen) atoms. The summed E-state index contributed by atoms with van der Waals surface area (Å²) in [6.45, 7) is 1.41. The van der Waals surface area contributed by atoms with Crippen molar-refractivity contribution in [1.82, 2.24) is 10.6 Å². The van der Waals surface area contributed by atoms with Gasteiger partial charge in [-0.2, -0.15) is 26.3 Å². The van der Waals surface area contributed by atoms with Crippen LogP contribution in [0.3, 0.4) is 0 Å². The number of benzene rings is 2. The summed E-state index contributed by atoms with van der Waals surface area (Å²) in [6, 6.07) is 8.17. The molecule has 0 aliphatic carbocycles. The van der Waals surface area contributed by atoms with E-state index in [2.05, 4.69) is 15.4 Å². The van der Waals surface area contributed by atoms with Crippen molar-refractivity contribution in [2.45, 2.75) is 43.6 Å². The van der Waals surface area contributed by atoms with Gasteiger partial charge in [0, 0.05) is 0 Å². The van der Waals surface area contributed by atoms with Gasteiger partial charge in [0.25, 0.3) is 5.60 Å². The highest BCUT2D eigenvalue weighted by molar-refractivity contribution is 5.87. The zero-order chi connectivity index (χ0) is 23.7. The predicted molar refractivity (Wildman–Crippen MR) is 98.7 cm³/mol. The molecule has 0 bridgehead atoms. The fraction of sp³-hybridized carbons (Fsp3) is 0.450. The molecule has 0 aromatic heterocycles. The van der Waals surface area contributed by atoms with E-state index in [0.717, 1.165) is 6.07 Å². The highest BCUT2D eigenvalue weighted by Gasteiger charge is 2.79. The third kappa shape index (κ3) is 3.46. The Labute approximate surface area is 177 Å². The quantitative estimate of drug-likeness (QED) is 0.263. The van der Waals surface area contributed by atoms with Gasteiger partial charge in [-0.25, -0.2) is 0 Å². The average molecular weight is 464 g/mol. The first-order chi connectivity index (χ1) is 14.6. The molecule has 0 unspecified atom stereocenters. The summed E-state index contributed by atoms with van der Waals surface area (Å²) < 4.78 is 86.7. The molecule has 2 aliphatic rings. The normalized spacial score (nSPS) is 23.0. The Morgan fingerprint density at radius 1 is 0.969 bits per heavy atom. The van der Waals surface area contributed by atoms with Gasteiger partial charge in [0.05, 0.1) is 11.6 Å². The number of hydrogen-bond donors (Lipinski definition) is 3. The molecule has 2 aliphatic heterocycles. The van der Waals surface area contributed by atoms with Crippen LogP contribution in [0.1, 0.15) is 13.8 Å². The molecule has 2 aromatic rings. The Morgan fingerprint density at radius 2 is 1.44 bits per heavy atom. The van der Waals surface area contributed by atoms with Crippen molar-refractivity contribution in [1.29, 1.82) is 0 Å². The summed E-state index contributed by atoms with van der Waals surface area (Å²) in [5.74, 6) is -0.558. The molecule has 0 atom stereocenters. The molecule has 2 heterocycles. The van der Waals surface area contributed by atoms with Crippen molar-refractivity contribution < 1.29 is 45.7 Å². The first kappa shape index (κ1) is 22.6. The highest BCUT2D eigenvalue weighted by atomic mass is 19.4. The Hall–Kier alpha value is -2.57. The van der Waals surface area contributed by atoms with Crippen molar-refractivity contribution in [3.8, 4) is 11.5 Å². The molecule has 174 valence electrons. The third-order valence-corrected chi connectivity index (χ3v) is 5.89. The molecule has 4 rings (SSSR count). The molecule has 6 nitrogen and oxygen atoms in total. The van der Waals surface area contributed by atoms with Gasteiger partial charge >= 0.3 is 18.3 Å². The number of rotatable bonds is 6. The first-order valence-electron chi connectivity index (χ1n) is 9.41. The van der Waals surface area contributed by atoms with Crippen LogP contribution >= 0.6 is 0 Å². The van der Waals surface area contributed by atoms with Crippen molar-refractivity contribution in [3.05, 3.63) is 36.4 Å². The standard InChI is InChI=1S/C20H18F6N2O4/c1-16(2,18-14(27-18)28-18)15(29)32-13-6-4-10-7-12(5-3-11(10)8-13)31-9-17(30,19(21,22)23)20(24,25)26/h3-8,14,27-28,30H,9H2,1-2H3. The van der Waals surface area contributed by atoms with Crippen LogP contribution in [-0.4, -0.2) is 47.5 Å². The highest BCUT2D eigenvalue weighted by Crippen LogP contribution is 2.52. The van der Waals surface area contributed by atoms with Gasteiger partial charge in [-0.15, -0.1) is 0 Å². The minimum Gasteiger partial charge on any atom is -0.490 e. The fourth-order valence-electron chi connectivity index (χ4n) is 3.36. The van der Waals surface area contributed by atoms with Crippen LogP contribution in [0.25, 0.3) is 10.8 Å². The summed E-state index contributed by atoms with van der Waals surface area (Å²) in [6.07, 6.45) is -11.9. The molecule has 3 N–H and O–H groups in total. The van der Waals surface area contributed by atoms with Gasteiger partial charge in [0.15, 0.2) is 0 Å². The maximum absolute atomic E-state index is 12.8. The third-order valence-electron chi connectivity index (χ3n) is 5.89. The molecule has 0 spiro atoms. The van der Waals surface area contributed by atoms with E-state index < -0.39 is 41.6 Å². The van der Waals surface area contributed by atoms with Crippen molar-refractivity contribution in [2.24, 2.45) is 5.41 Å². The van der Waals surface area contributed by atoms with Gasteiger partial charge < -0.3 is 14.6 Å². The van der Waals surface area contributed by atoms with Gasteiger partial charge in [-0.3, -0.25) is 15.4 Å². The molecule has 12 heteroatoms. The van der Waals surface area contributed by atoms with E-state index in [4.69, 9.17) is 4.74 Å². The zero-order valence-electron chi connectivity index (χ0n) is 16.7. The molecule has 2 fully saturated rings. The topological polar surface area (TPSA) is 99.6 Å².